The monoisotopic (exact) mass is 296 g/mol. The number of nitrogens with two attached hydrogens (primary N) is 2. The zero-order valence-electron chi connectivity index (χ0n) is 13.4. The van der Waals surface area contributed by atoms with E-state index in [2.05, 4.69) is 17.2 Å². The second-order valence-electron chi connectivity index (χ2n) is 6.11. The lowest BCUT2D eigenvalue weighted by atomic mass is 10.1. The van der Waals surface area contributed by atoms with Crippen molar-refractivity contribution < 1.29 is 4.79 Å². The predicted molar refractivity (Wildman–Crippen MR) is 87.9 cm³/mol. The first kappa shape index (κ1) is 17.8. The van der Waals surface area contributed by atoms with Crippen LogP contribution in [0.1, 0.15) is 64.7 Å². The average Bonchev–Trinajstić information content (AvgIpc) is 3.21. The van der Waals surface area contributed by atoms with Crippen molar-refractivity contribution in [1.29, 1.82) is 0 Å². The second-order valence-corrected chi connectivity index (χ2v) is 6.11. The van der Waals surface area contributed by atoms with Gasteiger partial charge in [0.25, 0.3) is 0 Å². The number of guanidine groups is 1. The summed E-state index contributed by atoms with van der Waals surface area (Å²) in [5.74, 6) is 1.37. The van der Waals surface area contributed by atoms with Gasteiger partial charge in [0, 0.05) is 19.0 Å². The smallest absolute Gasteiger partial charge is 0.223 e. The Morgan fingerprint density at radius 1 is 1.14 bits per heavy atom. The van der Waals surface area contributed by atoms with Gasteiger partial charge in [0.05, 0.1) is 0 Å². The first-order chi connectivity index (χ1) is 10.1. The van der Waals surface area contributed by atoms with Gasteiger partial charge in [0.2, 0.25) is 5.91 Å². The molecule has 0 radical (unpaired) electrons. The van der Waals surface area contributed by atoms with E-state index in [9.17, 15) is 4.79 Å². The zero-order chi connectivity index (χ0) is 15.5. The highest BCUT2D eigenvalue weighted by Gasteiger charge is 2.41. The van der Waals surface area contributed by atoms with Crippen molar-refractivity contribution in [3.05, 3.63) is 0 Å². The molecule has 1 amide bonds. The number of amides is 1. The quantitative estimate of drug-likeness (QED) is 0.293. The van der Waals surface area contributed by atoms with E-state index >= 15 is 0 Å². The summed E-state index contributed by atoms with van der Waals surface area (Å²) in [4.78, 5) is 15.8. The molecule has 5 N–H and O–H groups in total. The molecule has 0 aromatic heterocycles. The first-order valence-corrected chi connectivity index (χ1v) is 8.48. The summed E-state index contributed by atoms with van der Waals surface area (Å²) in [7, 11) is 0. The number of carbonyl (C=O) groups excluding carboxylic acids is 1. The van der Waals surface area contributed by atoms with Crippen LogP contribution in [0.15, 0.2) is 4.99 Å². The highest BCUT2D eigenvalue weighted by atomic mass is 16.2. The summed E-state index contributed by atoms with van der Waals surface area (Å²) in [6, 6.07) is 0. The fraction of sp³-hybridized carbons (Fsp3) is 0.875. The van der Waals surface area contributed by atoms with Crippen molar-refractivity contribution in [2.75, 3.05) is 13.1 Å². The summed E-state index contributed by atoms with van der Waals surface area (Å²) in [5, 5.41) is 3.05. The molecule has 1 aliphatic rings. The topological polar surface area (TPSA) is 93.5 Å². The van der Waals surface area contributed by atoms with Crippen LogP contribution in [-0.4, -0.2) is 25.0 Å². The van der Waals surface area contributed by atoms with Gasteiger partial charge in [0.15, 0.2) is 5.96 Å². The summed E-state index contributed by atoms with van der Waals surface area (Å²) >= 11 is 0. The Bertz CT molecular complexity index is 326. The van der Waals surface area contributed by atoms with E-state index in [4.69, 9.17) is 11.5 Å². The van der Waals surface area contributed by atoms with E-state index in [1.807, 2.05) is 0 Å². The first-order valence-electron chi connectivity index (χ1n) is 8.48. The molecule has 2 atom stereocenters. The van der Waals surface area contributed by atoms with Gasteiger partial charge in [-0.15, -0.1) is 0 Å². The summed E-state index contributed by atoms with van der Waals surface area (Å²) in [6.07, 6.45) is 10.5. The Kier molecular flexibility index (Phi) is 8.87. The van der Waals surface area contributed by atoms with Gasteiger partial charge >= 0.3 is 0 Å². The van der Waals surface area contributed by atoms with Crippen LogP contribution in [-0.2, 0) is 4.79 Å². The summed E-state index contributed by atoms with van der Waals surface area (Å²) in [6.45, 7) is 3.68. The van der Waals surface area contributed by atoms with E-state index in [1.165, 1.54) is 32.1 Å². The second kappa shape index (κ2) is 10.5. The molecule has 1 aliphatic carbocycles. The highest BCUT2D eigenvalue weighted by Crippen LogP contribution is 2.42. The van der Waals surface area contributed by atoms with Crippen LogP contribution in [0.3, 0.4) is 0 Å². The van der Waals surface area contributed by atoms with Crippen molar-refractivity contribution >= 4 is 11.9 Å². The van der Waals surface area contributed by atoms with Crippen molar-refractivity contribution in [2.24, 2.45) is 28.3 Å². The maximum absolute atomic E-state index is 11.9. The van der Waals surface area contributed by atoms with Crippen LogP contribution in [0, 0.1) is 11.8 Å². The number of hydrogen-bond donors (Lipinski definition) is 3. The van der Waals surface area contributed by atoms with Gasteiger partial charge in [-0.05, 0) is 38.0 Å². The molecule has 0 aliphatic heterocycles. The Labute approximate surface area is 128 Å². The van der Waals surface area contributed by atoms with Crippen LogP contribution >= 0.6 is 0 Å². The summed E-state index contributed by atoms with van der Waals surface area (Å²) in [5.41, 5.74) is 10.5. The molecule has 1 fully saturated rings. The van der Waals surface area contributed by atoms with Crippen LogP contribution < -0.4 is 16.8 Å². The molecule has 1 rings (SSSR count). The minimum atomic E-state index is 0.155. The van der Waals surface area contributed by atoms with E-state index < -0.39 is 0 Å². The van der Waals surface area contributed by atoms with E-state index in [1.54, 1.807) is 0 Å². The number of hydrogen-bond acceptors (Lipinski definition) is 2. The lowest BCUT2D eigenvalue weighted by Gasteiger charge is -2.04. The lowest BCUT2D eigenvalue weighted by Crippen LogP contribution is -2.26. The third-order valence-electron chi connectivity index (χ3n) is 4.12. The molecular weight excluding hydrogens is 264 g/mol. The molecule has 0 bridgehead atoms. The molecule has 0 saturated heterocycles. The van der Waals surface area contributed by atoms with Gasteiger partial charge in [-0.2, -0.15) is 0 Å². The lowest BCUT2D eigenvalue weighted by molar-refractivity contribution is -0.122. The molecule has 0 heterocycles. The molecule has 21 heavy (non-hydrogen) atoms. The van der Waals surface area contributed by atoms with Crippen molar-refractivity contribution in [3.8, 4) is 0 Å². The van der Waals surface area contributed by atoms with Crippen molar-refractivity contribution in [3.63, 3.8) is 0 Å². The van der Waals surface area contributed by atoms with Gasteiger partial charge in [-0.1, -0.05) is 32.6 Å². The van der Waals surface area contributed by atoms with Gasteiger partial charge in [0.1, 0.15) is 0 Å². The average molecular weight is 296 g/mol. The van der Waals surface area contributed by atoms with Crippen LogP contribution in [0.25, 0.3) is 0 Å². The standard InChI is InChI=1S/C16H32N4O/c1-2-3-4-6-9-13-12-14(13)15(21)19-10-7-5-8-11-20-16(17)18/h13-14H,2-12H2,1H3,(H,19,21)(H4,17,18,20). The minimum Gasteiger partial charge on any atom is -0.370 e. The number of nitrogens with zero attached hydrogens (tertiary/aromatic N) is 1. The molecule has 122 valence electrons. The molecule has 5 nitrogen and oxygen atoms in total. The van der Waals surface area contributed by atoms with Crippen LogP contribution in [0.4, 0.5) is 0 Å². The maximum atomic E-state index is 11.9. The Hall–Kier alpha value is -1.26. The molecule has 1 saturated carbocycles. The molecule has 5 heteroatoms. The fourth-order valence-corrected chi connectivity index (χ4v) is 2.69. The minimum absolute atomic E-state index is 0.155. The third kappa shape index (κ3) is 8.58. The Morgan fingerprint density at radius 3 is 2.62 bits per heavy atom. The van der Waals surface area contributed by atoms with Crippen LogP contribution in [0.5, 0.6) is 0 Å². The van der Waals surface area contributed by atoms with Crippen molar-refractivity contribution in [1.82, 2.24) is 5.32 Å². The third-order valence-corrected chi connectivity index (χ3v) is 4.12. The van der Waals surface area contributed by atoms with Crippen molar-refractivity contribution in [2.45, 2.75) is 64.7 Å². The SMILES string of the molecule is CCCCCCC1CC1C(=O)NCCCCCN=C(N)N. The number of unbranched alkanes of at least 4 members (excludes halogenated alkanes) is 5. The number of rotatable bonds is 12. The Morgan fingerprint density at radius 2 is 1.90 bits per heavy atom. The molecular formula is C16H32N4O. The number of aliphatic imine (C=N–C) groups is 1. The van der Waals surface area contributed by atoms with Gasteiger partial charge in [-0.25, -0.2) is 0 Å². The largest absolute Gasteiger partial charge is 0.370 e. The highest BCUT2D eigenvalue weighted by molar-refractivity contribution is 5.81. The van der Waals surface area contributed by atoms with E-state index in [-0.39, 0.29) is 11.9 Å². The number of carbonyl (C=O) groups is 1. The van der Waals surface area contributed by atoms with Gasteiger partial charge < -0.3 is 16.8 Å². The molecule has 0 aromatic rings. The Balaban J connectivity index is 1.92. The van der Waals surface area contributed by atoms with Crippen LogP contribution in [0.2, 0.25) is 0 Å². The normalized spacial score (nSPS) is 20.0. The molecule has 0 aromatic carbocycles. The zero-order valence-corrected chi connectivity index (χ0v) is 13.4. The predicted octanol–water partition coefficient (Wildman–Crippen LogP) is 2.15. The van der Waals surface area contributed by atoms with E-state index in [0.29, 0.717) is 18.4 Å². The van der Waals surface area contributed by atoms with Gasteiger partial charge in [-0.3, -0.25) is 9.79 Å². The molecule has 2 unspecified atom stereocenters. The number of nitrogens with one attached hydrogen (secondary N) is 1. The van der Waals surface area contributed by atoms with E-state index in [0.717, 1.165) is 32.2 Å². The maximum Gasteiger partial charge on any atom is 0.223 e. The fourth-order valence-electron chi connectivity index (χ4n) is 2.69. The molecule has 0 spiro atoms. The summed E-state index contributed by atoms with van der Waals surface area (Å²) < 4.78 is 0.